The van der Waals surface area contributed by atoms with Crippen LogP contribution in [0, 0.1) is 0 Å². The lowest BCUT2D eigenvalue weighted by atomic mass is 10.0. The molecule has 9 nitrogen and oxygen atoms in total. The summed E-state index contributed by atoms with van der Waals surface area (Å²) in [7, 11) is -4.40. The van der Waals surface area contributed by atoms with Gasteiger partial charge in [0, 0.05) is 19.4 Å². The third-order valence-electron chi connectivity index (χ3n) is 17.3. The zero-order valence-corrected chi connectivity index (χ0v) is 62.8. The van der Waals surface area contributed by atoms with Gasteiger partial charge in [-0.1, -0.05) is 379 Å². The Morgan fingerprint density at radius 1 is 0.316 bits per heavy atom. The molecule has 2 unspecified atom stereocenters. The number of allylic oxidation sites excluding steroid dienone is 20. The number of unbranched alkanes of at least 4 members (excludes halogenated alkanes) is 42. The van der Waals surface area contributed by atoms with Crippen molar-refractivity contribution in [1.29, 1.82) is 0 Å². The van der Waals surface area contributed by atoms with E-state index in [-0.39, 0.29) is 38.6 Å². The molecule has 0 rings (SSSR count). The predicted molar refractivity (Wildman–Crippen MR) is 413 cm³/mol. The molecule has 0 aromatic rings. The van der Waals surface area contributed by atoms with Gasteiger partial charge in [-0.3, -0.25) is 18.6 Å². The van der Waals surface area contributed by atoms with E-state index in [1.54, 1.807) is 0 Å². The molecule has 0 spiro atoms. The Bertz CT molecular complexity index is 1980. The molecule has 0 aliphatic rings. The highest BCUT2D eigenvalue weighted by atomic mass is 31.2. The number of carbonyl (C=O) groups excluding carboxylic acids is 2. The minimum atomic E-state index is -4.40. The van der Waals surface area contributed by atoms with Gasteiger partial charge in [0.1, 0.15) is 6.61 Å². The van der Waals surface area contributed by atoms with Crippen molar-refractivity contribution in [3.05, 3.63) is 122 Å². The zero-order valence-electron chi connectivity index (χ0n) is 61.9. The Morgan fingerprint density at radius 2 is 0.547 bits per heavy atom. The Morgan fingerprint density at radius 3 is 0.811 bits per heavy atom. The molecule has 0 heterocycles. The van der Waals surface area contributed by atoms with Gasteiger partial charge in [-0.2, -0.15) is 0 Å². The highest BCUT2D eigenvalue weighted by Gasteiger charge is 2.26. The summed E-state index contributed by atoms with van der Waals surface area (Å²) in [5, 5.41) is 0. The van der Waals surface area contributed by atoms with Crippen molar-refractivity contribution in [2.75, 3.05) is 26.4 Å². The van der Waals surface area contributed by atoms with Crippen molar-refractivity contribution >= 4 is 19.8 Å². The molecule has 2 atom stereocenters. The molecule has 0 amide bonds. The van der Waals surface area contributed by atoms with E-state index in [1.807, 2.05) is 0 Å². The largest absolute Gasteiger partial charge is 0.472 e. The van der Waals surface area contributed by atoms with Gasteiger partial charge in [-0.05, 0) is 103 Å². The summed E-state index contributed by atoms with van der Waals surface area (Å²) in [6.45, 7) is 3.57. The molecule has 0 radical (unpaired) electrons. The third-order valence-corrected chi connectivity index (χ3v) is 18.3. The SMILES string of the molecule is CC/C=C\C/C=C\C/C=C\C/C=C\C/C=C\C/C=C\CCCCCCCCCCCCCCCCCCC(=O)OC(COC(=O)CCCCCCCCCCCCCCCCCCCCCCCCCCCC/C=C\C/C=C\C/C=C\C/C=C\CC)COP(=O)(O)OCCN. The van der Waals surface area contributed by atoms with Crippen molar-refractivity contribution < 1.29 is 37.6 Å². The van der Waals surface area contributed by atoms with Crippen LogP contribution in [0.1, 0.15) is 373 Å². The van der Waals surface area contributed by atoms with Crippen LogP contribution in [-0.4, -0.2) is 49.3 Å². The van der Waals surface area contributed by atoms with Crippen molar-refractivity contribution in [3.8, 4) is 0 Å². The van der Waals surface area contributed by atoms with Crippen molar-refractivity contribution in [2.24, 2.45) is 5.73 Å². The molecule has 0 aliphatic heterocycles. The highest BCUT2D eigenvalue weighted by Crippen LogP contribution is 2.43. The van der Waals surface area contributed by atoms with Crippen LogP contribution in [-0.2, 0) is 32.7 Å². The zero-order chi connectivity index (χ0) is 68.6. The molecule has 548 valence electrons. The summed E-state index contributed by atoms with van der Waals surface area (Å²) in [5.41, 5.74) is 5.42. The van der Waals surface area contributed by atoms with E-state index < -0.39 is 26.5 Å². The molecule has 0 aromatic carbocycles. The monoisotopic (exact) mass is 1340 g/mol. The number of hydrogen-bond acceptors (Lipinski definition) is 8. The summed E-state index contributed by atoms with van der Waals surface area (Å²) in [6.07, 6.45) is 112. The van der Waals surface area contributed by atoms with E-state index in [0.29, 0.717) is 6.42 Å². The van der Waals surface area contributed by atoms with Crippen LogP contribution in [0.2, 0.25) is 0 Å². The van der Waals surface area contributed by atoms with Gasteiger partial charge in [0.2, 0.25) is 0 Å². The smallest absolute Gasteiger partial charge is 0.462 e. The summed E-state index contributed by atoms with van der Waals surface area (Å²) in [4.78, 5) is 35.5. The lowest BCUT2D eigenvalue weighted by Gasteiger charge is -2.19. The fourth-order valence-corrected chi connectivity index (χ4v) is 12.3. The second-order valence-electron chi connectivity index (χ2n) is 26.5. The third kappa shape index (κ3) is 79.3. The molecular weight excluding hydrogens is 1190 g/mol. The average Bonchev–Trinajstić information content (AvgIpc) is 3.32. The van der Waals surface area contributed by atoms with E-state index in [4.69, 9.17) is 24.3 Å². The number of nitrogens with two attached hydrogens (primary N) is 1. The summed E-state index contributed by atoms with van der Waals surface area (Å²) >= 11 is 0. The lowest BCUT2D eigenvalue weighted by Crippen LogP contribution is -2.29. The van der Waals surface area contributed by atoms with Crippen LogP contribution in [0.15, 0.2) is 122 Å². The van der Waals surface area contributed by atoms with Gasteiger partial charge in [-0.15, -0.1) is 0 Å². The maximum absolute atomic E-state index is 12.8. The minimum absolute atomic E-state index is 0.0520. The molecule has 10 heteroatoms. The van der Waals surface area contributed by atoms with Crippen LogP contribution in [0.4, 0.5) is 0 Å². The Kier molecular flexibility index (Phi) is 76.4. The fraction of sp³-hybridized carbons (Fsp3) is 0.741. The summed E-state index contributed by atoms with van der Waals surface area (Å²) in [6, 6.07) is 0. The van der Waals surface area contributed by atoms with E-state index in [2.05, 4.69) is 135 Å². The number of hydrogen-bond donors (Lipinski definition) is 2. The second-order valence-corrected chi connectivity index (χ2v) is 28.0. The Hall–Kier alpha value is -3.59. The van der Waals surface area contributed by atoms with Crippen LogP contribution in [0.5, 0.6) is 0 Å². The van der Waals surface area contributed by atoms with Crippen LogP contribution in [0.3, 0.4) is 0 Å². The fourth-order valence-electron chi connectivity index (χ4n) is 11.5. The number of esters is 2. The summed E-state index contributed by atoms with van der Waals surface area (Å²) in [5.74, 6) is -0.813. The Balaban J connectivity index is 3.78. The first-order valence-corrected chi connectivity index (χ1v) is 41.5. The van der Waals surface area contributed by atoms with Gasteiger partial charge in [-0.25, -0.2) is 4.57 Å². The number of carbonyl (C=O) groups is 2. The number of ether oxygens (including phenoxy) is 2. The van der Waals surface area contributed by atoms with Crippen LogP contribution in [0.25, 0.3) is 0 Å². The Labute approximate surface area is 587 Å². The summed E-state index contributed by atoms with van der Waals surface area (Å²) < 4.78 is 33.3. The van der Waals surface area contributed by atoms with E-state index in [9.17, 15) is 19.0 Å². The molecule has 0 fully saturated rings. The first-order valence-electron chi connectivity index (χ1n) is 40.0. The van der Waals surface area contributed by atoms with E-state index in [0.717, 1.165) is 103 Å². The molecule has 95 heavy (non-hydrogen) atoms. The maximum Gasteiger partial charge on any atom is 0.472 e. The lowest BCUT2D eigenvalue weighted by molar-refractivity contribution is -0.161. The maximum atomic E-state index is 12.8. The van der Waals surface area contributed by atoms with E-state index >= 15 is 0 Å². The molecule has 3 N–H and O–H groups in total. The predicted octanol–water partition coefficient (Wildman–Crippen LogP) is 27.0. The first kappa shape index (κ1) is 91.4. The van der Waals surface area contributed by atoms with E-state index in [1.165, 1.54) is 238 Å². The van der Waals surface area contributed by atoms with Crippen LogP contribution < -0.4 is 5.73 Å². The number of phosphoric ester groups is 1. The molecular formula is C85H150NO8P. The van der Waals surface area contributed by atoms with Gasteiger partial charge >= 0.3 is 19.8 Å². The topological polar surface area (TPSA) is 134 Å². The quantitative estimate of drug-likeness (QED) is 0.0264. The van der Waals surface area contributed by atoms with Gasteiger partial charge in [0.05, 0.1) is 13.2 Å². The standard InChI is InChI=1S/C85H150NO8P/c1-3-5-7-9-11-13-15-17-19-21-23-25-27-29-31-33-35-37-39-40-41-42-44-45-47-49-51-53-55-57-59-61-63-65-67-69-71-73-75-77-84(87)91-81-83(82-93-95(89,90)92-80-79-86)94-85(88)78-76-74-72-70-68-66-64-62-60-58-56-54-52-50-48-46-43-38-36-34-32-30-28-26-24-22-20-18-16-14-12-10-8-6-4-2/h5-8,11-14,17-20,23-26,30,32,36,38,83H,3-4,9-10,15-16,21-22,27-29,31,33-35,37,39-82,86H2,1-2H3,(H,89,90)/b7-5-,8-6-,13-11-,14-12-,19-17-,20-18-,25-23-,26-24-,32-30-,38-36-. The molecule has 0 aromatic heterocycles. The number of phosphoric acid groups is 1. The van der Waals surface area contributed by atoms with Gasteiger partial charge < -0.3 is 20.1 Å². The molecule has 0 aliphatic carbocycles. The molecule has 0 saturated carbocycles. The molecule has 0 saturated heterocycles. The average molecular weight is 1350 g/mol. The van der Waals surface area contributed by atoms with Crippen molar-refractivity contribution in [1.82, 2.24) is 0 Å². The second kappa shape index (κ2) is 79.4. The first-order chi connectivity index (χ1) is 46.8. The highest BCUT2D eigenvalue weighted by molar-refractivity contribution is 7.47. The van der Waals surface area contributed by atoms with Gasteiger partial charge in [0.25, 0.3) is 0 Å². The van der Waals surface area contributed by atoms with Crippen molar-refractivity contribution in [3.63, 3.8) is 0 Å². The van der Waals surface area contributed by atoms with Gasteiger partial charge in [0.15, 0.2) is 6.10 Å². The van der Waals surface area contributed by atoms with Crippen molar-refractivity contribution in [2.45, 2.75) is 380 Å². The number of rotatable bonds is 75. The molecule has 0 bridgehead atoms. The minimum Gasteiger partial charge on any atom is -0.462 e. The van der Waals surface area contributed by atoms with Crippen LogP contribution >= 0.6 is 7.82 Å². The normalized spacial score (nSPS) is 13.5.